The SMILES string of the molecule is COCCn1c(SCC(=O)N2CCc3ccccc32)nnc1-c1ccc(Cl)cc1. The molecule has 3 aromatic rings. The zero-order chi connectivity index (χ0) is 20.2. The van der Waals surface area contributed by atoms with Gasteiger partial charge in [0.05, 0.1) is 18.9 Å². The van der Waals surface area contributed by atoms with E-state index in [0.29, 0.717) is 29.1 Å². The maximum absolute atomic E-state index is 12.8. The number of aromatic nitrogens is 3. The smallest absolute Gasteiger partial charge is 0.237 e. The fourth-order valence-electron chi connectivity index (χ4n) is 3.39. The van der Waals surface area contributed by atoms with Crippen molar-refractivity contribution in [1.82, 2.24) is 14.8 Å². The van der Waals surface area contributed by atoms with E-state index in [1.54, 1.807) is 7.11 Å². The Balaban J connectivity index is 1.51. The Morgan fingerprint density at radius 2 is 1.97 bits per heavy atom. The van der Waals surface area contributed by atoms with Gasteiger partial charge in [0.25, 0.3) is 0 Å². The Labute approximate surface area is 178 Å². The van der Waals surface area contributed by atoms with Crippen LogP contribution in [0, 0.1) is 0 Å². The van der Waals surface area contributed by atoms with Crippen molar-refractivity contribution in [3.05, 3.63) is 59.1 Å². The largest absolute Gasteiger partial charge is 0.383 e. The van der Waals surface area contributed by atoms with E-state index < -0.39 is 0 Å². The van der Waals surface area contributed by atoms with E-state index in [1.165, 1.54) is 17.3 Å². The number of thioether (sulfide) groups is 1. The van der Waals surface area contributed by atoms with E-state index >= 15 is 0 Å². The Morgan fingerprint density at radius 3 is 2.76 bits per heavy atom. The maximum atomic E-state index is 12.8. The van der Waals surface area contributed by atoms with Crippen molar-refractivity contribution in [2.24, 2.45) is 0 Å². The average molecular weight is 429 g/mol. The summed E-state index contributed by atoms with van der Waals surface area (Å²) in [6.45, 7) is 1.86. The second kappa shape index (κ2) is 8.98. The van der Waals surface area contributed by atoms with Gasteiger partial charge in [-0.05, 0) is 42.3 Å². The van der Waals surface area contributed by atoms with Gasteiger partial charge in [-0.25, -0.2) is 0 Å². The van der Waals surface area contributed by atoms with Crippen LogP contribution in [0.25, 0.3) is 11.4 Å². The third-order valence-electron chi connectivity index (χ3n) is 4.85. The Morgan fingerprint density at radius 1 is 1.17 bits per heavy atom. The number of amides is 1. The summed E-state index contributed by atoms with van der Waals surface area (Å²) >= 11 is 7.40. The summed E-state index contributed by atoms with van der Waals surface area (Å²) in [6.07, 6.45) is 0.900. The van der Waals surface area contributed by atoms with Gasteiger partial charge in [-0.1, -0.05) is 41.6 Å². The van der Waals surface area contributed by atoms with Gasteiger partial charge in [-0.3, -0.25) is 9.36 Å². The first-order valence-electron chi connectivity index (χ1n) is 9.36. The monoisotopic (exact) mass is 428 g/mol. The van der Waals surface area contributed by atoms with Crippen LogP contribution >= 0.6 is 23.4 Å². The molecule has 1 aliphatic rings. The quantitative estimate of drug-likeness (QED) is 0.533. The van der Waals surface area contributed by atoms with Crippen LogP contribution in [0.15, 0.2) is 53.7 Å². The molecule has 0 fully saturated rings. The molecule has 6 nitrogen and oxygen atoms in total. The zero-order valence-corrected chi connectivity index (χ0v) is 17.6. The van der Waals surface area contributed by atoms with Crippen LogP contribution in [0.2, 0.25) is 5.02 Å². The highest BCUT2D eigenvalue weighted by molar-refractivity contribution is 7.99. The number of ether oxygens (including phenoxy) is 1. The first-order valence-corrected chi connectivity index (χ1v) is 10.7. The van der Waals surface area contributed by atoms with Crippen molar-refractivity contribution < 1.29 is 9.53 Å². The molecule has 8 heteroatoms. The van der Waals surface area contributed by atoms with E-state index in [9.17, 15) is 4.79 Å². The number of benzene rings is 2. The van der Waals surface area contributed by atoms with Crippen LogP contribution in [-0.4, -0.2) is 46.7 Å². The molecule has 0 unspecified atom stereocenters. The Hall–Kier alpha value is -2.35. The summed E-state index contributed by atoms with van der Waals surface area (Å²) in [6, 6.07) is 15.5. The van der Waals surface area contributed by atoms with Crippen LogP contribution in [0.3, 0.4) is 0 Å². The molecule has 0 radical (unpaired) electrons. The molecule has 0 saturated heterocycles. The number of hydrogen-bond donors (Lipinski definition) is 0. The summed E-state index contributed by atoms with van der Waals surface area (Å²) in [7, 11) is 1.66. The lowest BCUT2D eigenvalue weighted by atomic mass is 10.2. The third-order valence-corrected chi connectivity index (χ3v) is 6.05. The topological polar surface area (TPSA) is 60.2 Å². The molecule has 1 amide bonds. The van der Waals surface area contributed by atoms with Gasteiger partial charge in [0, 0.05) is 29.9 Å². The first kappa shape index (κ1) is 19.9. The fourth-order valence-corrected chi connectivity index (χ4v) is 4.36. The van der Waals surface area contributed by atoms with Crippen LogP contribution in [0.4, 0.5) is 5.69 Å². The van der Waals surface area contributed by atoms with Crippen molar-refractivity contribution in [1.29, 1.82) is 0 Å². The Kier molecular flexibility index (Phi) is 6.18. The molecule has 1 aromatic heterocycles. The minimum absolute atomic E-state index is 0.0780. The van der Waals surface area contributed by atoms with Crippen molar-refractivity contribution >= 4 is 35.0 Å². The first-order chi connectivity index (χ1) is 14.2. The minimum Gasteiger partial charge on any atom is -0.383 e. The van der Waals surface area contributed by atoms with Crippen molar-refractivity contribution in [3.63, 3.8) is 0 Å². The standard InChI is InChI=1S/C21H21ClN4O2S/c1-28-13-12-26-20(16-6-8-17(22)9-7-16)23-24-21(26)29-14-19(27)25-11-10-15-4-2-3-5-18(15)25/h2-9H,10-14H2,1H3. The second-order valence-corrected chi connectivity index (χ2v) is 8.05. The molecule has 0 atom stereocenters. The number of fused-ring (bicyclic) bond motifs is 1. The van der Waals surface area contributed by atoms with E-state index in [0.717, 1.165) is 30.0 Å². The summed E-state index contributed by atoms with van der Waals surface area (Å²) in [5.41, 5.74) is 3.16. The molecule has 150 valence electrons. The third kappa shape index (κ3) is 4.32. The van der Waals surface area contributed by atoms with Crippen LogP contribution in [-0.2, 0) is 22.5 Å². The fraction of sp³-hybridized carbons (Fsp3) is 0.286. The molecule has 0 N–H and O–H groups in total. The summed E-state index contributed by atoms with van der Waals surface area (Å²) in [5, 5.41) is 10.0. The lowest BCUT2D eigenvalue weighted by molar-refractivity contribution is -0.116. The molecule has 2 heterocycles. The van der Waals surface area contributed by atoms with Gasteiger partial charge < -0.3 is 9.64 Å². The van der Waals surface area contributed by atoms with Gasteiger partial charge in [-0.2, -0.15) is 0 Å². The number of anilines is 1. The number of methoxy groups -OCH3 is 1. The van der Waals surface area contributed by atoms with Gasteiger partial charge in [0.2, 0.25) is 5.91 Å². The normalized spacial score (nSPS) is 13.0. The number of hydrogen-bond acceptors (Lipinski definition) is 5. The molecular weight excluding hydrogens is 408 g/mol. The van der Waals surface area contributed by atoms with Crippen LogP contribution < -0.4 is 4.90 Å². The van der Waals surface area contributed by atoms with Crippen molar-refractivity contribution in [3.8, 4) is 11.4 Å². The van der Waals surface area contributed by atoms with E-state index in [-0.39, 0.29) is 5.91 Å². The Bertz CT molecular complexity index is 1010. The van der Waals surface area contributed by atoms with Crippen molar-refractivity contribution in [2.45, 2.75) is 18.1 Å². The van der Waals surface area contributed by atoms with E-state index in [2.05, 4.69) is 16.3 Å². The van der Waals surface area contributed by atoms with Gasteiger partial charge in [-0.15, -0.1) is 10.2 Å². The molecule has 0 saturated carbocycles. The van der Waals surface area contributed by atoms with Crippen LogP contribution in [0.1, 0.15) is 5.56 Å². The number of rotatable bonds is 7. The summed E-state index contributed by atoms with van der Waals surface area (Å²) in [5.74, 6) is 1.12. The summed E-state index contributed by atoms with van der Waals surface area (Å²) in [4.78, 5) is 14.7. The van der Waals surface area contributed by atoms with E-state index in [1.807, 2.05) is 51.9 Å². The molecule has 0 bridgehead atoms. The van der Waals surface area contributed by atoms with E-state index in [4.69, 9.17) is 16.3 Å². The molecule has 1 aliphatic heterocycles. The maximum Gasteiger partial charge on any atom is 0.237 e. The predicted molar refractivity (Wildman–Crippen MR) is 116 cm³/mol. The van der Waals surface area contributed by atoms with Gasteiger partial charge in [0.1, 0.15) is 0 Å². The minimum atomic E-state index is 0.0780. The lowest BCUT2D eigenvalue weighted by Crippen LogP contribution is -2.30. The van der Waals surface area contributed by atoms with Gasteiger partial charge >= 0.3 is 0 Å². The number of nitrogens with zero attached hydrogens (tertiary/aromatic N) is 4. The predicted octanol–water partition coefficient (Wildman–Crippen LogP) is 3.93. The lowest BCUT2D eigenvalue weighted by Gasteiger charge is -2.17. The number of para-hydroxylation sites is 1. The molecule has 4 rings (SSSR count). The molecule has 2 aromatic carbocycles. The van der Waals surface area contributed by atoms with Crippen molar-refractivity contribution in [2.75, 3.05) is 30.9 Å². The molecule has 29 heavy (non-hydrogen) atoms. The second-order valence-electron chi connectivity index (χ2n) is 6.67. The summed E-state index contributed by atoms with van der Waals surface area (Å²) < 4.78 is 7.23. The molecule has 0 aliphatic carbocycles. The number of halogens is 1. The highest BCUT2D eigenvalue weighted by Crippen LogP contribution is 2.29. The zero-order valence-electron chi connectivity index (χ0n) is 16.0. The number of carbonyl (C=O) groups excluding carboxylic acids is 1. The molecular formula is C21H21ClN4O2S. The highest BCUT2D eigenvalue weighted by atomic mass is 35.5. The number of carbonyl (C=O) groups is 1. The highest BCUT2D eigenvalue weighted by Gasteiger charge is 2.25. The molecule has 0 spiro atoms. The van der Waals surface area contributed by atoms with Crippen LogP contribution in [0.5, 0.6) is 0 Å². The average Bonchev–Trinajstić information content (AvgIpc) is 3.35. The van der Waals surface area contributed by atoms with Gasteiger partial charge in [0.15, 0.2) is 11.0 Å².